The summed E-state index contributed by atoms with van der Waals surface area (Å²) in [5.41, 5.74) is 1.54. The molecule has 22 heavy (non-hydrogen) atoms. The Morgan fingerprint density at radius 3 is 2.91 bits per heavy atom. The molecule has 3 rings (SSSR count). The highest BCUT2D eigenvalue weighted by atomic mass is 15.3. The largest absolute Gasteiger partial charge is 0.366 e. The molecule has 0 aliphatic heterocycles. The quantitative estimate of drug-likeness (QED) is 0.739. The van der Waals surface area contributed by atoms with E-state index in [1.807, 2.05) is 13.2 Å². The summed E-state index contributed by atoms with van der Waals surface area (Å²) in [6, 6.07) is 0.417. The first-order chi connectivity index (χ1) is 10.7. The van der Waals surface area contributed by atoms with Gasteiger partial charge in [-0.2, -0.15) is 10.1 Å². The molecule has 2 aromatic rings. The zero-order valence-corrected chi connectivity index (χ0v) is 12.9. The van der Waals surface area contributed by atoms with E-state index in [0.717, 1.165) is 17.9 Å². The minimum Gasteiger partial charge on any atom is -0.366 e. The number of aromatic nitrogens is 4. The van der Waals surface area contributed by atoms with Crippen LogP contribution in [-0.2, 0) is 7.05 Å². The Hall–Kier alpha value is -2.44. The summed E-state index contributed by atoms with van der Waals surface area (Å²) in [4.78, 5) is 8.78. The fourth-order valence-corrected chi connectivity index (χ4v) is 2.82. The van der Waals surface area contributed by atoms with E-state index in [-0.39, 0.29) is 1.43 Å². The van der Waals surface area contributed by atoms with Crippen molar-refractivity contribution in [2.24, 2.45) is 13.0 Å². The number of nitrogens with zero attached hydrogens (tertiary/aromatic N) is 4. The van der Waals surface area contributed by atoms with Gasteiger partial charge < -0.3 is 16.0 Å². The lowest BCUT2D eigenvalue weighted by Crippen LogP contribution is -2.23. The number of aryl methyl sites for hydroxylation is 1. The molecular formula is C15H23N7. The van der Waals surface area contributed by atoms with Gasteiger partial charge in [-0.05, 0) is 18.8 Å². The van der Waals surface area contributed by atoms with Gasteiger partial charge in [0.15, 0.2) is 0 Å². The molecule has 0 aromatic carbocycles. The number of hydrogen-bond donors (Lipinski definition) is 3. The summed E-state index contributed by atoms with van der Waals surface area (Å²) < 4.78 is 1.72. The van der Waals surface area contributed by atoms with Crippen molar-refractivity contribution < 1.29 is 1.43 Å². The molecule has 7 heteroatoms. The zero-order chi connectivity index (χ0) is 15.5. The Balaban J connectivity index is 0.00000192. The first-order valence-corrected chi connectivity index (χ1v) is 7.55. The van der Waals surface area contributed by atoms with E-state index < -0.39 is 0 Å². The third-order valence-corrected chi connectivity index (χ3v) is 4.12. The minimum atomic E-state index is 0. The molecule has 0 spiro atoms. The molecule has 0 saturated heterocycles. The molecule has 2 atom stereocenters. The molecule has 3 N–H and O–H groups in total. The molecule has 1 saturated carbocycles. The lowest BCUT2D eigenvalue weighted by molar-refractivity contribution is 0.555. The van der Waals surface area contributed by atoms with Crippen molar-refractivity contribution in [3.63, 3.8) is 0 Å². The predicted octanol–water partition coefficient (Wildman–Crippen LogP) is 2.80. The van der Waals surface area contributed by atoms with E-state index in [2.05, 4.69) is 32.6 Å². The van der Waals surface area contributed by atoms with Crippen LogP contribution in [-0.4, -0.2) is 32.0 Å². The first kappa shape index (κ1) is 14.5. The number of anilines is 3. The van der Waals surface area contributed by atoms with Crippen LogP contribution in [0.15, 0.2) is 18.6 Å². The third kappa shape index (κ3) is 3.08. The van der Waals surface area contributed by atoms with Gasteiger partial charge in [0.1, 0.15) is 5.82 Å². The lowest BCUT2D eigenvalue weighted by atomic mass is 10.1. The molecule has 0 amide bonds. The van der Waals surface area contributed by atoms with E-state index in [1.165, 1.54) is 19.1 Å². The molecule has 1 aliphatic rings. The molecule has 1 fully saturated rings. The molecular weight excluding hydrogens is 278 g/mol. The Morgan fingerprint density at radius 1 is 1.41 bits per heavy atom. The Labute approximate surface area is 131 Å². The van der Waals surface area contributed by atoms with E-state index in [1.54, 1.807) is 17.1 Å². The average Bonchev–Trinajstić information content (AvgIpc) is 3.09. The molecule has 2 unspecified atom stereocenters. The van der Waals surface area contributed by atoms with Crippen molar-refractivity contribution in [2.45, 2.75) is 32.2 Å². The summed E-state index contributed by atoms with van der Waals surface area (Å²) in [5.74, 6) is 1.85. The summed E-state index contributed by atoms with van der Waals surface area (Å²) >= 11 is 0. The van der Waals surface area contributed by atoms with Crippen LogP contribution in [0.25, 0.3) is 0 Å². The monoisotopic (exact) mass is 301 g/mol. The predicted molar refractivity (Wildman–Crippen MR) is 88.9 cm³/mol. The number of hydrogen-bond acceptors (Lipinski definition) is 6. The molecule has 0 radical (unpaired) electrons. The Bertz CT molecular complexity index is 670. The second-order valence-corrected chi connectivity index (χ2v) is 5.83. The highest BCUT2D eigenvalue weighted by molar-refractivity contribution is 5.84. The summed E-state index contributed by atoms with van der Waals surface area (Å²) in [6.45, 7) is 2.25. The van der Waals surface area contributed by atoms with Crippen LogP contribution in [0.4, 0.5) is 17.5 Å². The maximum atomic E-state index is 7.53. The average molecular weight is 301 g/mol. The summed E-state index contributed by atoms with van der Waals surface area (Å²) in [7, 11) is 1.86. The molecule has 0 bridgehead atoms. The van der Waals surface area contributed by atoms with Gasteiger partial charge in [-0.25, -0.2) is 4.98 Å². The molecule has 2 heterocycles. The fraction of sp³-hybridized carbons (Fsp3) is 0.467. The van der Waals surface area contributed by atoms with Gasteiger partial charge in [-0.1, -0.05) is 13.3 Å². The van der Waals surface area contributed by atoms with Crippen LogP contribution in [0.2, 0.25) is 0 Å². The highest BCUT2D eigenvalue weighted by Gasteiger charge is 2.24. The van der Waals surface area contributed by atoms with Crippen LogP contribution >= 0.6 is 0 Å². The van der Waals surface area contributed by atoms with Gasteiger partial charge in [-0.15, -0.1) is 0 Å². The van der Waals surface area contributed by atoms with Crippen molar-refractivity contribution in [3.05, 3.63) is 24.2 Å². The van der Waals surface area contributed by atoms with Crippen LogP contribution in [0.3, 0.4) is 0 Å². The molecule has 118 valence electrons. The highest BCUT2D eigenvalue weighted by Crippen LogP contribution is 2.28. The normalized spacial score (nSPS) is 20.8. The number of nitrogens with one attached hydrogen (secondary N) is 3. The molecule has 1 aliphatic carbocycles. The van der Waals surface area contributed by atoms with Gasteiger partial charge in [0.2, 0.25) is 5.95 Å². The van der Waals surface area contributed by atoms with E-state index in [4.69, 9.17) is 5.41 Å². The van der Waals surface area contributed by atoms with Crippen molar-refractivity contribution in [2.75, 3.05) is 10.6 Å². The van der Waals surface area contributed by atoms with Crippen molar-refractivity contribution in [1.82, 2.24) is 19.7 Å². The molecule has 2 aromatic heterocycles. The maximum absolute atomic E-state index is 7.53. The lowest BCUT2D eigenvalue weighted by Gasteiger charge is -2.19. The zero-order valence-electron chi connectivity index (χ0n) is 12.9. The Morgan fingerprint density at radius 2 is 2.27 bits per heavy atom. The van der Waals surface area contributed by atoms with Crippen LogP contribution in [0.5, 0.6) is 0 Å². The van der Waals surface area contributed by atoms with Crippen molar-refractivity contribution >= 4 is 23.7 Å². The van der Waals surface area contributed by atoms with Gasteiger partial charge in [0.25, 0.3) is 0 Å². The van der Waals surface area contributed by atoms with E-state index >= 15 is 0 Å². The van der Waals surface area contributed by atoms with Crippen molar-refractivity contribution in [3.8, 4) is 0 Å². The Kier molecular flexibility index (Phi) is 4.04. The van der Waals surface area contributed by atoms with Crippen LogP contribution < -0.4 is 10.6 Å². The van der Waals surface area contributed by atoms with E-state index in [9.17, 15) is 0 Å². The van der Waals surface area contributed by atoms with Gasteiger partial charge >= 0.3 is 0 Å². The third-order valence-electron chi connectivity index (χ3n) is 4.12. The molecule has 7 nitrogen and oxygen atoms in total. The maximum Gasteiger partial charge on any atom is 0.229 e. The fourth-order valence-electron chi connectivity index (χ4n) is 2.82. The van der Waals surface area contributed by atoms with Gasteiger partial charge in [0, 0.05) is 33.1 Å². The van der Waals surface area contributed by atoms with E-state index in [0.29, 0.717) is 23.5 Å². The summed E-state index contributed by atoms with van der Waals surface area (Å²) in [5, 5.41) is 18.2. The second-order valence-electron chi connectivity index (χ2n) is 5.83. The van der Waals surface area contributed by atoms with Gasteiger partial charge in [-0.3, -0.25) is 4.68 Å². The van der Waals surface area contributed by atoms with Crippen molar-refractivity contribution in [1.29, 1.82) is 5.41 Å². The van der Waals surface area contributed by atoms with Crippen LogP contribution in [0.1, 0.15) is 33.2 Å². The minimum absolute atomic E-state index is 0. The second kappa shape index (κ2) is 6.13. The smallest absolute Gasteiger partial charge is 0.229 e. The van der Waals surface area contributed by atoms with Gasteiger partial charge in [0.05, 0.1) is 17.4 Å². The number of rotatable bonds is 5. The summed E-state index contributed by atoms with van der Waals surface area (Å²) in [6.07, 6.45) is 10.2. The van der Waals surface area contributed by atoms with Crippen LogP contribution in [0, 0.1) is 11.3 Å². The topological polar surface area (TPSA) is 91.5 Å². The standard InChI is InChI=1S/C15H21N7.H2/c1-10-4-3-5-13(10)20-14-11(6-16)7-17-15(21-14)19-12-8-18-22(2)9-12;/h6-10,13,16H,3-5H2,1-2H3,(H2,17,19,20,21);1H. The SMILES string of the molecule is CC1CCCC1Nc1nc(Nc2cnn(C)c2)ncc1C=N.[HH]. The first-order valence-electron chi connectivity index (χ1n) is 7.55.